The second-order valence-corrected chi connectivity index (χ2v) is 6.65. The van der Waals surface area contributed by atoms with Crippen LogP contribution >= 0.6 is 0 Å². The fourth-order valence-electron chi connectivity index (χ4n) is 2.82. The van der Waals surface area contributed by atoms with E-state index in [2.05, 4.69) is 5.32 Å². The molecule has 1 fully saturated rings. The highest BCUT2D eigenvalue weighted by molar-refractivity contribution is 6.03. The number of nitrogens with one attached hydrogen (secondary N) is 1. The minimum atomic E-state index is -1.60. The van der Waals surface area contributed by atoms with Gasteiger partial charge >= 0.3 is 11.9 Å². The van der Waals surface area contributed by atoms with Crippen molar-refractivity contribution >= 4 is 17.8 Å². The normalized spacial score (nSPS) is 16.0. The summed E-state index contributed by atoms with van der Waals surface area (Å²) in [4.78, 5) is 36.9. The summed E-state index contributed by atoms with van der Waals surface area (Å²) in [6, 6.07) is 17.7. The number of ether oxygens (including phenoxy) is 2. The number of esters is 2. The summed E-state index contributed by atoms with van der Waals surface area (Å²) >= 11 is 0. The van der Waals surface area contributed by atoms with Gasteiger partial charge in [0.15, 0.2) is 5.41 Å². The standard InChI is InChI=1S/C21H21NO5/c1-21(17-12-18(23)22-17,19(24)26-13-15-8-4-2-5-9-15)20(25)27-14-16-10-6-3-7-11-16/h2-11,17H,12-14H2,1H3,(H,22,23). The van der Waals surface area contributed by atoms with Crippen molar-refractivity contribution < 1.29 is 23.9 Å². The molecule has 1 saturated heterocycles. The first-order valence-corrected chi connectivity index (χ1v) is 8.72. The highest BCUT2D eigenvalue weighted by atomic mass is 16.6. The third-order valence-electron chi connectivity index (χ3n) is 4.70. The van der Waals surface area contributed by atoms with E-state index in [1.54, 1.807) is 0 Å². The Labute approximate surface area is 157 Å². The molecule has 1 amide bonds. The van der Waals surface area contributed by atoms with Crippen LogP contribution in [0.25, 0.3) is 0 Å². The summed E-state index contributed by atoms with van der Waals surface area (Å²) < 4.78 is 10.7. The Hall–Kier alpha value is -3.15. The third-order valence-corrected chi connectivity index (χ3v) is 4.70. The van der Waals surface area contributed by atoms with Crippen LogP contribution in [0.1, 0.15) is 24.5 Å². The van der Waals surface area contributed by atoms with Crippen LogP contribution in [0.2, 0.25) is 0 Å². The molecule has 3 rings (SSSR count). The lowest BCUT2D eigenvalue weighted by Gasteiger charge is -2.38. The molecular weight excluding hydrogens is 346 g/mol. The zero-order valence-corrected chi connectivity index (χ0v) is 15.0. The molecule has 0 saturated carbocycles. The Balaban J connectivity index is 1.69. The van der Waals surface area contributed by atoms with Crippen molar-refractivity contribution in [3.8, 4) is 0 Å². The smallest absolute Gasteiger partial charge is 0.325 e. The zero-order chi connectivity index (χ0) is 19.3. The summed E-state index contributed by atoms with van der Waals surface area (Å²) in [7, 11) is 0. The van der Waals surface area contributed by atoms with Gasteiger partial charge in [-0.15, -0.1) is 0 Å². The van der Waals surface area contributed by atoms with Crippen LogP contribution in [0.3, 0.4) is 0 Å². The average molecular weight is 367 g/mol. The van der Waals surface area contributed by atoms with E-state index in [0.29, 0.717) is 0 Å². The molecule has 0 aliphatic carbocycles. The zero-order valence-electron chi connectivity index (χ0n) is 15.0. The van der Waals surface area contributed by atoms with Crippen LogP contribution in [0.4, 0.5) is 0 Å². The quantitative estimate of drug-likeness (QED) is 0.462. The SMILES string of the molecule is CC(C(=O)OCc1ccccc1)(C(=O)OCc1ccccc1)C1CC(=O)N1. The predicted octanol–water partition coefficient (Wildman–Crippen LogP) is 2.37. The van der Waals surface area contributed by atoms with E-state index in [1.165, 1.54) is 6.92 Å². The van der Waals surface area contributed by atoms with Gasteiger partial charge in [-0.2, -0.15) is 0 Å². The number of benzene rings is 2. The van der Waals surface area contributed by atoms with Gasteiger partial charge in [-0.25, -0.2) is 0 Å². The molecule has 1 aliphatic rings. The van der Waals surface area contributed by atoms with Gasteiger partial charge in [0.2, 0.25) is 5.91 Å². The lowest BCUT2D eigenvalue weighted by Crippen LogP contribution is -2.63. The average Bonchev–Trinajstić information content (AvgIpc) is 2.68. The molecule has 140 valence electrons. The molecule has 1 unspecified atom stereocenters. The summed E-state index contributed by atoms with van der Waals surface area (Å²) in [6.45, 7) is 1.54. The molecule has 27 heavy (non-hydrogen) atoms. The van der Waals surface area contributed by atoms with Crippen molar-refractivity contribution in [1.29, 1.82) is 0 Å². The Bertz CT molecular complexity index is 755. The highest BCUT2D eigenvalue weighted by Crippen LogP contribution is 2.32. The number of rotatable bonds is 7. The minimum Gasteiger partial charge on any atom is -0.460 e. The Morgan fingerprint density at radius 3 is 1.70 bits per heavy atom. The molecule has 0 spiro atoms. The number of amides is 1. The van der Waals surface area contributed by atoms with Crippen molar-refractivity contribution in [2.45, 2.75) is 32.6 Å². The molecule has 0 aromatic heterocycles. The Morgan fingerprint density at radius 1 is 0.926 bits per heavy atom. The summed E-state index contributed by atoms with van der Waals surface area (Å²) in [5, 5.41) is 2.60. The van der Waals surface area contributed by atoms with Crippen LogP contribution in [0.15, 0.2) is 60.7 Å². The van der Waals surface area contributed by atoms with E-state index in [9.17, 15) is 14.4 Å². The minimum absolute atomic E-state index is 0.0435. The van der Waals surface area contributed by atoms with E-state index in [-0.39, 0.29) is 25.5 Å². The molecule has 1 aliphatic heterocycles. The first kappa shape index (κ1) is 18.6. The first-order valence-electron chi connectivity index (χ1n) is 8.72. The van der Waals surface area contributed by atoms with Gasteiger partial charge in [0.25, 0.3) is 0 Å². The van der Waals surface area contributed by atoms with Gasteiger partial charge in [-0.3, -0.25) is 14.4 Å². The lowest BCUT2D eigenvalue weighted by atomic mass is 9.77. The number of carbonyl (C=O) groups is 3. The molecule has 0 bridgehead atoms. The van der Waals surface area contributed by atoms with Crippen molar-refractivity contribution in [3.63, 3.8) is 0 Å². The van der Waals surface area contributed by atoms with Gasteiger partial charge < -0.3 is 14.8 Å². The summed E-state index contributed by atoms with van der Waals surface area (Å²) in [5.74, 6) is -1.64. The predicted molar refractivity (Wildman–Crippen MR) is 97.1 cm³/mol. The molecule has 6 nitrogen and oxygen atoms in total. The van der Waals surface area contributed by atoms with Crippen LogP contribution in [-0.2, 0) is 37.1 Å². The fourth-order valence-corrected chi connectivity index (χ4v) is 2.82. The molecular formula is C21H21NO5. The number of carbonyl (C=O) groups excluding carboxylic acids is 3. The summed E-state index contributed by atoms with van der Waals surface area (Å²) in [6.07, 6.45) is 0.0807. The summed E-state index contributed by atoms with van der Waals surface area (Å²) in [5.41, 5.74) is 0.0179. The van der Waals surface area contributed by atoms with Crippen molar-refractivity contribution in [3.05, 3.63) is 71.8 Å². The van der Waals surface area contributed by atoms with E-state index in [0.717, 1.165) is 11.1 Å². The molecule has 2 aromatic rings. The maximum absolute atomic E-state index is 12.8. The van der Waals surface area contributed by atoms with Gasteiger partial charge in [-0.05, 0) is 18.1 Å². The van der Waals surface area contributed by atoms with E-state index >= 15 is 0 Å². The molecule has 2 aromatic carbocycles. The Kier molecular flexibility index (Phi) is 5.54. The second-order valence-electron chi connectivity index (χ2n) is 6.65. The maximum atomic E-state index is 12.8. The number of hydrogen-bond donors (Lipinski definition) is 1. The van der Waals surface area contributed by atoms with Crippen molar-refractivity contribution in [2.24, 2.45) is 5.41 Å². The molecule has 1 heterocycles. The van der Waals surface area contributed by atoms with Gasteiger partial charge in [0, 0.05) is 6.42 Å². The fraction of sp³-hybridized carbons (Fsp3) is 0.286. The maximum Gasteiger partial charge on any atom is 0.325 e. The van der Waals surface area contributed by atoms with E-state index in [4.69, 9.17) is 9.47 Å². The third kappa shape index (κ3) is 4.16. The van der Waals surface area contributed by atoms with Gasteiger partial charge in [0.1, 0.15) is 13.2 Å². The van der Waals surface area contributed by atoms with Gasteiger partial charge in [0.05, 0.1) is 6.04 Å². The molecule has 0 radical (unpaired) electrons. The van der Waals surface area contributed by atoms with Crippen molar-refractivity contribution in [2.75, 3.05) is 0 Å². The molecule has 1 atom stereocenters. The highest BCUT2D eigenvalue weighted by Gasteiger charge is 2.55. The number of β-lactam (4-membered cyclic amide) rings is 1. The van der Waals surface area contributed by atoms with E-state index in [1.807, 2.05) is 60.7 Å². The molecule has 6 heteroatoms. The van der Waals surface area contributed by atoms with Crippen LogP contribution in [0.5, 0.6) is 0 Å². The second kappa shape index (κ2) is 8.03. The van der Waals surface area contributed by atoms with Crippen LogP contribution in [-0.4, -0.2) is 23.9 Å². The lowest BCUT2D eigenvalue weighted by molar-refractivity contribution is -0.177. The van der Waals surface area contributed by atoms with Crippen LogP contribution in [0, 0.1) is 5.41 Å². The van der Waals surface area contributed by atoms with Crippen LogP contribution < -0.4 is 5.32 Å². The monoisotopic (exact) mass is 367 g/mol. The number of hydrogen-bond acceptors (Lipinski definition) is 5. The van der Waals surface area contributed by atoms with E-state index < -0.39 is 23.4 Å². The topological polar surface area (TPSA) is 81.7 Å². The Morgan fingerprint density at radius 2 is 1.33 bits per heavy atom. The van der Waals surface area contributed by atoms with Crippen molar-refractivity contribution in [1.82, 2.24) is 5.32 Å². The van der Waals surface area contributed by atoms with Gasteiger partial charge in [-0.1, -0.05) is 60.7 Å². The molecule has 1 N–H and O–H groups in total. The largest absolute Gasteiger partial charge is 0.460 e. The first-order chi connectivity index (χ1) is 13.0.